The second kappa shape index (κ2) is 7.07. The van der Waals surface area contributed by atoms with E-state index < -0.39 is 5.91 Å². The summed E-state index contributed by atoms with van der Waals surface area (Å²) in [6, 6.07) is 19.1. The molecule has 0 radical (unpaired) electrons. The van der Waals surface area contributed by atoms with Crippen molar-refractivity contribution in [1.29, 1.82) is 0 Å². The summed E-state index contributed by atoms with van der Waals surface area (Å²) in [5, 5.41) is 2.57. The van der Waals surface area contributed by atoms with E-state index in [2.05, 4.69) is 21.2 Å². The highest BCUT2D eigenvalue weighted by Crippen LogP contribution is 2.37. The van der Waals surface area contributed by atoms with Gasteiger partial charge in [-0.3, -0.25) is 9.59 Å². The summed E-state index contributed by atoms with van der Waals surface area (Å²) < 4.78 is 2.22. The largest absolute Gasteiger partial charge is 0.355 e. The van der Waals surface area contributed by atoms with Crippen LogP contribution >= 0.6 is 15.9 Å². The zero-order chi connectivity index (χ0) is 18.0. The molecular formula is C20H17BrN2O2. The minimum Gasteiger partial charge on any atom is -0.355 e. The first kappa shape index (κ1) is 17.2. The highest BCUT2D eigenvalue weighted by Gasteiger charge is 2.24. The average Bonchev–Trinajstić information content (AvgIpc) is 2.65. The van der Waals surface area contributed by atoms with Crippen molar-refractivity contribution in [2.45, 2.75) is 0 Å². The summed E-state index contributed by atoms with van der Waals surface area (Å²) in [5.41, 5.74) is 2.83. The van der Waals surface area contributed by atoms with E-state index in [4.69, 9.17) is 0 Å². The average molecular weight is 397 g/mol. The van der Waals surface area contributed by atoms with E-state index in [0.29, 0.717) is 10.0 Å². The number of hydrogen-bond donors (Lipinski definition) is 1. The van der Waals surface area contributed by atoms with E-state index in [0.717, 1.165) is 16.8 Å². The van der Waals surface area contributed by atoms with Gasteiger partial charge in [0.25, 0.3) is 11.5 Å². The van der Waals surface area contributed by atoms with E-state index in [1.54, 1.807) is 7.05 Å². The van der Waals surface area contributed by atoms with Gasteiger partial charge in [-0.15, -0.1) is 0 Å². The van der Waals surface area contributed by atoms with Gasteiger partial charge in [-0.25, -0.2) is 0 Å². The van der Waals surface area contributed by atoms with E-state index in [-0.39, 0.29) is 11.1 Å². The molecule has 1 aromatic heterocycles. The summed E-state index contributed by atoms with van der Waals surface area (Å²) in [6.45, 7) is 0. The third kappa shape index (κ3) is 3.03. The molecule has 0 aliphatic rings. The standard InChI is InChI=1S/C20H17BrN2O2/c1-22-19(24)16-15(13-9-5-3-6-10-13)17(21)18(23(2)20(16)25)14-11-7-4-8-12-14/h3-12H,1-2H3,(H,22,24). The molecule has 0 saturated carbocycles. The second-order valence-corrected chi connectivity index (χ2v) is 6.38. The molecule has 2 aromatic carbocycles. The lowest BCUT2D eigenvalue weighted by atomic mass is 9.97. The molecule has 1 N–H and O–H groups in total. The number of aromatic nitrogens is 1. The predicted molar refractivity (Wildman–Crippen MR) is 104 cm³/mol. The Morgan fingerprint density at radius 1 is 0.960 bits per heavy atom. The van der Waals surface area contributed by atoms with Gasteiger partial charge in [-0.2, -0.15) is 0 Å². The number of carbonyl (C=O) groups is 1. The molecular weight excluding hydrogens is 380 g/mol. The number of benzene rings is 2. The van der Waals surface area contributed by atoms with Crippen LogP contribution in [0.5, 0.6) is 0 Å². The molecule has 3 aromatic rings. The molecule has 25 heavy (non-hydrogen) atoms. The van der Waals surface area contributed by atoms with E-state index in [1.165, 1.54) is 11.6 Å². The van der Waals surface area contributed by atoms with Crippen molar-refractivity contribution in [1.82, 2.24) is 9.88 Å². The Morgan fingerprint density at radius 2 is 1.48 bits per heavy atom. The lowest BCUT2D eigenvalue weighted by Gasteiger charge is -2.18. The summed E-state index contributed by atoms with van der Waals surface area (Å²) in [4.78, 5) is 25.4. The maximum atomic E-state index is 13.0. The number of nitrogens with one attached hydrogen (secondary N) is 1. The SMILES string of the molecule is CNC(=O)c1c(-c2ccccc2)c(Br)c(-c2ccccc2)n(C)c1=O. The van der Waals surface area contributed by atoms with Crippen molar-refractivity contribution in [2.75, 3.05) is 7.05 Å². The number of carbonyl (C=O) groups excluding carboxylic acids is 1. The summed E-state index contributed by atoms with van der Waals surface area (Å²) in [6.07, 6.45) is 0. The van der Waals surface area contributed by atoms with Crippen molar-refractivity contribution < 1.29 is 4.79 Å². The summed E-state index contributed by atoms with van der Waals surface area (Å²) in [7, 11) is 3.20. The quantitative estimate of drug-likeness (QED) is 0.730. The minimum absolute atomic E-state index is 0.128. The molecule has 0 atom stereocenters. The Labute approximate surface area is 154 Å². The fourth-order valence-electron chi connectivity index (χ4n) is 2.88. The van der Waals surface area contributed by atoms with Gasteiger partial charge in [0.1, 0.15) is 5.56 Å². The maximum absolute atomic E-state index is 13.0. The molecule has 0 fully saturated rings. The Bertz CT molecular complexity index is 980. The number of halogens is 1. The van der Waals surface area contributed by atoms with E-state index >= 15 is 0 Å². The third-order valence-electron chi connectivity index (χ3n) is 4.10. The number of hydrogen-bond acceptors (Lipinski definition) is 2. The normalized spacial score (nSPS) is 10.5. The molecule has 4 nitrogen and oxygen atoms in total. The van der Waals surface area contributed by atoms with Crippen LogP contribution in [0.1, 0.15) is 10.4 Å². The van der Waals surface area contributed by atoms with Crippen LogP contribution in [-0.4, -0.2) is 17.5 Å². The smallest absolute Gasteiger partial charge is 0.264 e. The molecule has 126 valence electrons. The van der Waals surface area contributed by atoms with Crippen molar-refractivity contribution >= 4 is 21.8 Å². The number of rotatable bonds is 3. The number of amides is 1. The highest BCUT2D eigenvalue weighted by molar-refractivity contribution is 9.10. The van der Waals surface area contributed by atoms with Gasteiger partial charge in [0.05, 0.1) is 10.2 Å². The molecule has 0 bridgehead atoms. The topological polar surface area (TPSA) is 51.1 Å². The molecule has 0 unspecified atom stereocenters. The summed E-state index contributed by atoms with van der Waals surface area (Å²) in [5.74, 6) is -0.403. The zero-order valence-electron chi connectivity index (χ0n) is 13.9. The predicted octanol–water partition coefficient (Wildman–Crippen LogP) is 3.84. The first-order valence-corrected chi connectivity index (χ1v) is 8.61. The third-order valence-corrected chi connectivity index (χ3v) is 4.87. The van der Waals surface area contributed by atoms with Gasteiger partial charge in [0.15, 0.2) is 0 Å². The van der Waals surface area contributed by atoms with Gasteiger partial charge < -0.3 is 9.88 Å². The monoisotopic (exact) mass is 396 g/mol. The second-order valence-electron chi connectivity index (χ2n) is 5.59. The lowest BCUT2D eigenvalue weighted by molar-refractivity contribution is 0.0961. The van der Waals surface area contributed by atoms with Crippen LogP contribution in [0.25, 0.3) is 22.4 Å². The van der Waals surface area contributed by atoms with Crippen molar-refractivity contribution in [3.8, 4) is 22.4 Å². The molecule has 0 aliphatic heterocycles. The number of pyridine rings is 1. The fourth-order valence-corrected chi connectivity index (χ4v) is 3.80. The van der Waals surface area contributed by atoms with Crippen LogP contribution in [0.3, 0.4) is 0 Å². The summed E-state index contributed by atoms with van der Waals surface area (Å²) >= 11 is 3.65. The Kier molecular flexibility index (Phi) is 4.86. The van der Waals surface area contributed by atoms with E-state index in [9.17, 15) is 9.59 Å². The van der Waals surface area contributed by atoms with Crippen LogP contribution in [-0.2, 0) is 7.05 Å². The maximum Gasteiger partial charge on any atom is 0.264 e. The van der Waals surface area contributed by atoms with Gasteiger partial charge in [0, 0.05) is 19.7 Å². The Hall–Kier alpha value is -2.66. The van der Waals surface area contributed by atoms with Crippen LogP contribution in [0.15, 0.2) is 69.9 Å². The first-order valence-electron chi connectivity index (χ1n) is 7.81. The van der Waals surface area contributed by atoms with Crippen molar-refractivity contribution in [3.05, 3.63) is 81.1 Å². The fraction of sp³-hybridized carbons (Fsp3) is 0.100. The Morgan fingerprint density at radius 3 is 2.00 bits per heavy atom. The number of nitrogens with zero attached hydrogens (tertiary/aromatic N) is 1. The van der Waals surface area contributed by atoms with Gasteiger partial charge in [-0.05, 0) is 27.1 Å². The molecule has 5 heteroatoms. The van der Waals surface area contributed by atoms with Crippen LogP contribution in [0.2, 0.25) is 0 Å². The van der Waals surface area contributed by atoms with E-state index in [1.807, 2.05) is 60.7 Å². The van der Waals surface area contributed by atoms with Crippen LogP contribution in [0.4, 0.5) is 0 Å². The minimum atomic E-state index is -0.403. The van der Waals surface area contributed by atoms with Gasteiger partial charge in [0.2, 0.25) is 0 Å². The molecule has 3 rings (SSSR count). The zero-order valence-corrected chi connectivity index (χ0v) is 15.5. The highest BCUT2D eigenvalue weighted by atomic mass is 79.9. The van der Waals surface area contributed by atoms with Gasteiger partial charge >= 0.3 is 0 Å². The lowest BCUT2D eigenvalue weighted by Crippen LogP contribution is -2.32. The van der Waals surface area contributed by atoms with Crippen molar-refractivity contribution in [2.24, 2.45) is 7.05 Å². The molecule has 0 spiro atoms. The molecule has 1 heterocycles. The van der Waals surface area contributed by atoms with Crippen LogP contribution < -0.4 is 10.9 Å². The molecule has 0 saturated heterocycles. The molecule has 0 aliphatic carbocycles. The van der Waals surface area contributed by atoms with Gasteiger partial charge in [-0.1, -0.05) is 60.7 Å². The first-order chi connectivity index (χ1) is 12.1. The Balaban J connectivity index is 2.45. The van der Waals surface area contributed by atoms with Crippen molar-refractivity contribution in [3.63, 3.8) is 0 Å². The molecule has 1 amide bonds. The van der Waals surface area contributed by atoms with Crippen LogP contribution in [0, 0.1) is 0 Å².